The third kappa shape index (κ3) is 3.53. The van der Waals surface area contributed by atoms with Crippen LogP contribution in [-0.2, 0) is 13.1 Å². The van der Waals surface area contributed by atoms with Crippen LogP contribution in [0.2, 0.25) is 0 Å². The Morgan fingerprint density at radius 3 is 2.78 bits per heavy atom. The lowest BCUT2D eigenvalue weighted by atomic mass is 9.88. The van der Waals surface area contributed by atoms with E-state index in [0.29, 0.717) is 0 Å². The molecule has 0 amide bonds. The highest BCUT2D eigenvalue weighted by Gasteiger charge is 2.22. The minimum atomic E-state index is 0.808. The fourth-order valence-electron chi connectivity index (χ4n) is 2.58. The van der Waals surface area contributed by atoms with Gasteiger partial charge in [0, 0.05) is 25.8 Å². The van der Waals surface area contributed by atoms with Gasteiger partial charge in [0.15, 0.2) is 0 Å². The van der Waals surface area contributed by atoms with E-state index in [1.54, 1.807) is 0 Å². The second kappa shape index (κ2) is 6.30. The molecule has 2 atom stereocenters. The SMILES string of the molecule is CNCc1ccc(CN2CCC(C)C(C)C2)nc1. The van der Waals surface area contributed by atoms with Crippen molar-refractivity contribution in [2.45, 2.75) is 33.4 Å². The van der Waals surface area contributed by atoms with E-state index in [0.717, 1.165) is 24.9 Å². The summed E-state index contributed by atoms with van der Waals surface area (Å²) in [5, 5.41) is 3.15. The molecule has 2 rings (SSSR count). The first-order valence-corrected chi connectivity index (χ1v) is 7.00. The predicted octanol–water partition coefficient (Wildman–Crippen LogP) is 2.28. The summed E-state index contributed by atoms with van der Waals surface area (Å²) in [5.74, 6) is 1.68. The van der Waals surface area contributed by atoms with Crippen LogP contribution in [0.5, 0.6) is 0 Å². The molecule has 1 aliphatic heterocycles. The zero-order chi connectivity index (χ0) is 13.0. The van der Waals surface area contributed by atoms with Gasteiger partial charge in [0.05, 0.1) is 5.69 Å². The van der Waals surface area contributed by atoms with E-state index in [-0.39, 0.29) is 0 Å². The first kappa shape index (κ1) is 13.5. The Labute approximate surface area is 111 Å². The Morgan fingerprint density at radius 2 is 2.17 bits per heavy atom. The minimum Gasteiger partial charge on any atom is -0.316 e. The van der Waals surface area contributed by atoms with Crippen LogP contribution in [0.3, 0.4) is 0 Å². The molecule has 0 aromatic carbocycles. The van der Waals surface area contributed by atoms with Crippen molar-refractivity contribution < 1.29 is 0 Å². The molecular weight excluding hydrogens is 222 g/mol. The molecule has 0 aliphatic carbocycles. The van der Waals surface area contributed by atoms with Gasteiger partial charge in [-0.25, -0.2) is 0 Å². The van der Waals surface area contributed by atoms with Gasteiger partial charge in [-0.2, -0.15) is 0 Å². The molecule has 1 fully saturated rings. The Morgan fingerprint density at radius 1 is 1.33 bits per heavy atom. The van der Waals surface area contributed by atoms with Gasteiger partial charge >= 0.3 is 0 Å². The summed E-state index contributed by atoms with van der Waals surface area (Å²) in [4.78, 5) is 7.09. The minimum absolute atomic E-state index is 0.808. The van der Waals surface area contributed by atoms with Gasteiger partial charge in [0.2, 0.25) is 0 Å². The average molecular weight is 247 g/mol. The van der Waals surface area contributed by atoms with E-state index in [1.807, 2.05) is 13.2 Å². The third-order valence-electron chi connectivity index (χ3n) is 4.07. The normalized spacial score (nSPS) is 25.3. The van der Waals surface area contributed by atoms with Crippen molar-refractivity contribution in [3.63, 3.8) is 0 Å². The third-order valence-corrected chi connectivity index (χ3v) is 4.07. The molecule has 0 spiro atoms. The summed E-state index contributed by atoms with van der Waals surface area (Å²) in [5.41, 5.74) is 2.44. The number of pyridine rings is 1. The number of nitrogens with one attached hydrogen (secondary N) is 1. The van der Waals surface area contributed by atoms with Crippen LogP contribution in [-0.4, -0.2) is 30.0 Å². The predicted molar refractivity (Wildman–Crippen MR) is 75.2 cm³/mol. The summed E-state index contributed by atoms with van der Waals surface area (Å²) in [6.45, 7) is 9.04. The Hall–Kier alpha value is -0.930. The van der Waals surface area contributed by atoms with Gasteiger partial charge in [-0.05, 0) is 43.5 Å². The molecule has 1 aromatic heterocycles. The van der Waals surface area contributed by atoms with E-state index in [9.17, 15) is 0 Å². The van der Waals surface area contributed by atoms with Crippen molar-refractivity contribution in [3.05, 3.63) is 29.6 Å². The number of hydrogen-bond acceptors (Lipinski definition) is 3. The van der Waals surface area contributed by atoms with Crippen molar-refractivity contribution >= 4 is 0 Å². The Kier molecular flexibility index (Phi) is 4.72. The van der Waals surface area contributed by atoms with Crippen molar-refractivity contribution in [2.75, 3.05) is 20.1 Å². The van der Waals surface area contributed by atoms with E-state index in [1.165, 1.54) is 30.8 Å². The molecule has 2 unspecified atom stereocenters. The number of hydrogen-bond donors (Lipinski definition) is 1. The maximum atomic E-state index is 4.55. The number of rotatable bonds is 4. The lowest BCUT2D eigenvalue weighted by molar-refractivity contribution is 0.131. The molecule has 1 N–H and O–H groups in total. The number of piperidine rings is 1. The van der Waals surface area contributed by atoms with Crippen LogP contribution in [0.1, 0.15) is 31.5 Å². The lowest BCUT2D eigenvalue weighted by Crippen LogP contribution is -2.38. The van der Waals surface area contributed by atoms with Gasteiger partial charge in [-0.15, -0.1) is 0 Å². The van der Waals surface area contributed by atoms with E-state index >= 15 is 0 Å². The average Bonchev–Trinajstić information content (AvgIpc) is 2.37. The smallest absolute Gasteiger partial charge is 0.0544 e. The van der Waals surface area contributed by atoms with Gasteiger partial charge in [0.25, 0.3) is 0 Å². The van der Waals surface area contributed by atoms with Gasteiger partial charge in [-0.3, -0.25) is 9.88 Å². The van der Waals surface area contributed by atoms with E-state index in [4.69, 9.17) is 0 Å². The molecule has 100 valence electrons. The topological polar surface area (TPSA) is 28.2 Å². The molecule has 2 heterocycles. The number of likely N-dealkylation sites (tertiary alicyclic amines) is 1. The molecule has 18 heavy (non-hydrogen) atoms. The molecular formula is C15H25N3. The van der Waals surface area contributed by atoms with Crippen LogP contribution >= 0.6 is 0 Å². The fourth-order valence-corrected chi connectivity index (χ4v) is 2.58. The monoisotopic (exact) mass is 247 g/mol. The highest BCUT2D eigenvalue weighted by Crippen LogP contribution is 2.23. The number of aromatic nitrogens is 1. The Bertz CT molecular complexity index is 361. The first-order valence-electron chi connectivity index (χ1n) is 7.00. The maximum absolute atomic E-state index is 4.55. The highest BCUT2D eigenvalue weighted by molar-refractivity contribution is 5.14. The van der Waals surface area contributed by atoms with Gasteiger partial charge in [-0.1, -0.05) is 19.9 Å². The summed E-state index contributed by atoms with van der Waals surface area (Å²) in [6.07, 6.45) is 3.31. The molecule has 1 saturated heterocycles. The number of nitrogens with zero attached hydrogens (tertiary/aromatic N) is 2. The van der Waals surface area contributed by atoms with E-state index in [2.05, 4.69) is 41.2 Å². The van der Waals surface area contributed by atoms with Crippen molar-refractivity contribution in [1.29, 1.82) is 0 Å². The van der Waals surface area contributed by atoms with Crippen LogP contribution < -0.4 is 5.32 Å². The van der Waals surface area contributed by atoms with Crippen LogP contribution in [0, 0.1) is 11.8 Å². The molecule has 3 nitrogen and oxygen atoms in total. The lowest BCUT2D eigenvalue weighted by Gasteiger charge is -2.35. The van der Waals surface area contributed by atoms with Crippen molar-refractivity contribution in [3.8, 4) is 0 Å². The second-order valence-electron chi connectivity index (χ2n) is 5.67. The summed E-state index contributed by atoms with van der Waals surface area (Å²) >= 11 is 0. The molecule has 3 heteroatoms. The molecule has 1 aromatic rings. The van der Waals surface area contributed by atoms with Crippen LogP contribution in [0.4, 0.5) is 0 Å². The van der Waals surface area contributed by atoms with Crippen LogP contribution in [0.25, 0.3) is 0 Å². The fraction of sp³-hybridized carbons (Fsp3) is 0.667. The zero-order valence-corrected chi connectivity index (χ0v) is 11.8. The molecule has 0 radical (unpaired) electrons. The zero-order valence-electron chi connectivity index (χ0n) is 11.8. The standard InChI is InChI=1S/C15H25N3/c1-12-6-7-18(10-13(12)2)11-15-5-4-14(8-16-3)9-17-15/h4-5,9,12-13,16H,6-8,10-11H2,1-3H3. The van der Waals surface area contributed by atoms with Crippen LogP contribution in [0.15, 0.2) is 18.3 Å². The Balaban J connectivity index is 1.89. The van der Waals surface area contributed by atoms with Crippen molar-refractivity contribution in [2.24, 2.45) is 11.8 Å². The maximum Gasteiger partial charge on any atom is 0.0544 e. The highest BCUT2D eigenvalue weighted by atomic mass is 15.1. The van der Waals surface area contributed by atoms with Crippen molar-refractivity contribution in [1.82, 2.24) is 15.2 Å². The largest absolute Gasteiger partial charge is 0.316 e. The van der Waals surface area contributed by atoms with Gasteiger partial charge < -0.3 is 5.32 Å². The summed E-state index contributed by atoms with van der Waals surface area (Å²) in [7, 11) is 1.96. The van der Waals surface area contributed by atoms with Gasteiger partial charge in [0.1, 0.15) is 0 Å². The second-order valence-corrected chi connectivity index (χ2v) is 5.67. The first-order chi connectivity index (χ1) is 8.69. The quantitative estimate of drug-likeness (QED) is 0.885. The molecule has 1 aliphatic rings. The van der Waals surface area contributed by atoms with E-state index < -0.39 is 0 Å². The molecule has 0 bridgehead atoms. The molecule has 0 saturated carbocycles. The summed E-state index contributed by atoms with van der Waals surface area (Å²) in [6, 6.07) is 4.34. The summed E-state index contributed by atoms with van der Waals surface area (Å²) < 4.78 is 0.